The number of benzene rings is 1. The lowest BCUT2D eigenvalue weighted by Gasteiger charge is -2.01. The Labute approximate surface area is 114 Å². The minimum Gasteiger partial charge on any atom is -0.399 e. The molecule has 2 nitrogen and oxygen atoms in total. The van der Waals surface area contributed by atoms with Crippen LogP contribution in [0.5, 0.6) is 0 Å². The van der Waals surface area contributed by atoms with Crippen LogP contribution in [0.4, 0.5) is 5.69 Å². The Morgan fingerprint density at radius 1 is 0.944 bits per heavy atom. The number of nitrogen functional groups attached to an aromatic ring is 1. The highest BCUT2D eigenvalue weighted by Crippen LogP contribution is 2.10. The fraction of sp³-hybridized carbons (Fsp3) is 0.625. The number of nitrogens with one attached hydrogen (secondary N) is 1. The van der Waals surface area contributed by atoms with Crippen LogP contribution < -0.4 is 11.1 Å². The minimum atomic E-state index is 0.859. The van der Waals surface area contributed by atoms with E-state index in [1.54, 1.807) is 0 Å². The van der Waals surface area contributed by atoms with Gasteiger partial charge in [0.2, 0.25) is 0 Å². The molecule has 0 aliphatic rings. The highest BCUT2D eigenvalue weighted by Gasteiger charge is 1.92. The van der Waals surface area contributed by atoms with E-state index in [1.165, 1.54) is 37.7 Å². The van der Waals surface area contributed by atoms with Crippen molar-refractivity contribution >= 4 is 5.69 Å². The van der Waals surface area contributed by atoms with Crippen molar-refractivity contribution in [2.24, 2.45) is 0 Å². The summed E-state index contributed by atoms with van der Waals surface area (Å²) in [5.74, 6) is 0. The number of anilines is 1. The lowest BCUT2D eigenvalue weighted by molar-refractivity contribution is 0.667. The normalized spacial score (nSPS) is 8.72. The monoisotopic (exact) mass is 252 g/mol. The van der Waals surface area contributed by atoms with Gasteiger partial charge in [-0.3, -0.25) is 0 Å². The van der Waals surface area contributed by atoms with E-state index in [4.69, 9.17) is 5.73 Å². The minimum absolute atomic E-state index is 0.859. The summed E-state index contributed by atoms with van der Waals surface area (Å²) in [5, 5.41) is 2.75. The topological polar surface area (TPSA) is 38.0 Å². The quantitative estimate of drug-likeness (QED) is 0.607. The third-order valence-electron chi connectivity index (χ3n) is 2.30. The zero-order chi connectivity index (χ0) is 14.2. The molecule has 0 bridgehead atoms. The summed E-state index contributed by atoms with van der Waals surface area (Å²) < 4.78 is 0. The second kappa shape index (κ2) is 16.0. The first-order valence-electron chi connectivity index (χ1n) is 7.17. The lowest BCUT2D eigenvalue weighted by atomic mass is 10.1. The summed E-state index contributed by atoms with van der Waals surface area (Å²) >= 11 is 0. The van der Waals surface area contributed by atoms with Gasteiger partial charge in [0.25, 0.3) is 0 Å². The average molecular weight is 252 g/mol. The van der Waals surface area contributed by atoms with E-state index < -0.39 is 0 Å². The van der Waals surface area contributed by atoms with Gasteiger partial charge < -0.3 is 11.1 Å². The predicted molar refractivity (Wildman–Crippen MR) is 85.0 cm³/mol. The van der Waals surface area contributed by atoms with Gasteiger partial charge in [-0.15, -0.1) is 0 Å². The van der Waals surface area contributed by atoms with E-state index in [1.807, 2.05) is 40.1 Å². The summed E-state index contributed by atoms with van der Waals surface area (Å²) in [6.45, 7) is 6.24. The van der Waals surface area contributed by atoms with Gasteiger partial charge in [0.15, 0.2) is 0 Å². The third-order valence-corrected chi connectivity index (χ3v) is 2.30. The highest BCUT2D eigenvalue weighted by molar-refractivity contribution is 5.39. The molecule has 0 aliphatic heterocycles. The molecule has 0 aliphatic carbocycles. The van der Waals surface area contributed by atoms with Crippen molar-refractivity contribution in [3.05, 3.63) is 29.8 Å². The second-order valence-electron chi connectivity index (χ2n) is 4.05. The Balaban J connectivity index is 0. The maximum absolute atomic E-state index is 5.60. The summed E-state index contributed by atoms with van der Waals surface area (Å²) in [7, 11) is 3.75. The van der Waals surface area contributed by atoms with E-state index in [2.05, 4.69) is 24.4 Å². The molecule has 1 aromatic rings. The van der Waals surface area contributed by atoms with Gasteiger partial charge in [-0.1, -0.05) is 52.2 Å². The molecule has 0 fully saturated rings. The third kappa shape index (κ3) is 13.0. The van der Waals surface area contributed by atoms with Crippen LogP contribution in [0.1, 0.15) is 52.0 Å². The van der Waals surface area contributed by atoms with Gasteiger partial charge in [-0.25, -0.2) is 0 Å². The number of aryl methyl sites for hydroxylation is 1. The summed E-state index contributed by atoms with van der Waals surface area (Å²) in [6.07, 6.45) is 6.51. The van der Waals surface area contributed by atoms with E-state index in [0.29, 0.717) is 0 Å². The van der Waals surface area contributed by atoms with Crippen LogP contribution in [0.2, 0.25) is 0 Å². The van der Waals surface area contributed by atoms with E-state index in [-0.39, 0.29) is 0 Å². The van der Waals surface area contributed by atoms with Crippen LogP contribution in [0.3, 0.4) is 0 Å². The first kappa shape index (κ1) is 19.3. The Bertz CT molecular complexity index is 242. The van der Waals surface area contributed by atoms with Crippen LogP contribution in [-0.4, -0.2) is 14.1 Å². The van der Waals surface area contributed by atoms with Gasteiger partial charge in [-0.2, -0.15) is 0 Å². The molecule has 0 heterocycles. The number of hydrogen-bond donors (Lipinski definition) is 2. The standard InChI is InChI=1S/C12H19N.C2H7N.C2H6/c1-2-3-4-5-6-11-7-9-12(13)10-8-11;1-3-2;1-2/h7-10H,2-6,13H2,1H3;3H,1-2H3;1-2H3. The highest BCUT2D eigenvalue weighted by atomic mass is 14.7. The first-order valence-corrected chi connectivity index (χ1v) is 7.17. The van der Waals surface area contributed by atoms with Crippen LogP contribution >= 0.6 is 0 Å². The van der Waals surface area contributed by atoms with Gasteiger partial charge in [0.05, 0.1) is 0 Å². The molecule has 106 valence electrons. The summed E-state index contributed by atoms with van der Waals surface area (Å²) in [6, 6.07) is 8.22. The molecule has 0 spiro atoms. The van der Waals surface area contributed by atoms with E-state index >= 15 is 0 Å². The Hall–Kier alpha value is -1.02. The fourth-order valence-corrected chi connectivity index (χ4v) is 1.44. The van der Waals surface area contributed by atoms with E-state index in [9.17, 15) is 0 Å². The smallest absolute Gasteiger partial charge is 0.0314 e. The van der Waals surface area contributed by atoms with Gasteiger partial charge in [0.1, 0.15) is 0 Å². The average Bonchev–Trinajstić information content (AvgIpc) is 2.40. The molecule has 0 atom stereocenters. The molecular formula is C16H32N2. The van der Waals surface area contributed by atoms with Crippen molar-refractivity contribution in [1.82, 2.24) is 5.32 Å². The maximum atomic E-state index is 5.60. The Morgan fingerprint density at radius 3 is 1.89 bits per heavy atom. The number of nitrogens with two attached hydrogens (primary N) is 1. The zero-order valence-electron chi connectivity index (χ0n) is 12.9. The Morgan fingerprint density at radius 2 is 1.44 bits per heavy atom. The molecule has 1 rings (SSSR count). The van der Waals surface area contributed by atoms with Crippen LogP contribution in [0.25, 0.3) is 0 Å². The first-order chi connectivity index (χ1) is 8.74. The lowest BCUT2D eigenvalue weighted by Crippen LogP contribution is -1.89. The molecule has 0 aromatic heterocycles. The van der Waals surface area contributed by atoms with Crippen molar-refractivity contribution in [2.75, 3.05) is 19.8 Å². The molecule has 0 saturated heterocycles. The molecule has 18 heavy (non-hydrogen) atoms. The molecule has 2 heteroatoms. The van der Waals surface area contributed by atoms with Gasteiger partial charge >= 0.3 is 0 Å². The van der Waals surface area contributed by atoms with Crippen molar-refractivity contribution in [3.8, 4) is 0 Å². The van der Waals surface area contributed by atoms with Crippen LogP contribution in [-0.2, 0) is 6.42 Å². The van der Waals surface area contributed by atoms with Crippen molar-refractivity contribution in [3.63, 3.8) is 0 Å². The van der Waals surface area contributed by atoms with Crippen LogP contribution in [0.15, 0.2) is 24.3 Å². The van der Waals surface area contributed by atoms with Gasteiger partial charge in [0, 0.05) is 5.69 Å². The largest absolute Gasteiger partial charge is 0.399 e. The molecule has 3 N–H and O–H groups in total. The van der Waals surface area contributed by atoms with Crippen molar-refractivity contribution in [2.45, 2.75) is 52.9 Å². The van der Waals surface area contributed by atoms with E-state index in [0.717, 1.165) is 5.69 Å². The van der Waals surface area contributed by atoms with Gasteiger partial charge in [-0.05, 0) is 44.6 Å². The van der Waals surface area contributed by atoms with Crippen molar-refractivity contribution < 1.29 is 0 Å². The Kier molecular flexibility index (Phi) is 17.2. The summed E-state index contributed by atoms with van der Waals surface area (Å²) in [5.41, 5.74) is 7.87. The second-order valence-corrected chi connectivity index (χ2v) is 4.05. The SMILES string of the molecule is CC.CCCCCCc1ccc(N)cc1.CNC. The fourth-order valence-electron chi connectivity index (χ4n) is 1.44. The molecule has 0 amide bonds. The maximum Gasteiger partial charge on any atom is 0.0314 e. The number of hydrogen-bond acceptors (Lipinski definition) is 2. The van der Waals surface area contributed by atoms with Crippen molar-refractivity contribution in [1.29, 1.82) is 0 Å². The van der Waals surface area contributed by atoms with Crippen LogP contribution in [0, 0.1) is 0 Å². The molecule has 0 radical (unpaired) electrons. The molecule has 1 aromatic carbocycles. The summed E-state index contributed by atoms with van der Waals surface area (Å²) in [4.78, 5) is 0. The zero-order valence-corrected chi connectivity index (χ0v) is 12.9. The molecular weight excluding hydrogens is 220 g/mol. The molecule has 0 saturated carbocycles. The number of rotatable bonds is 5. The molecule has 0 unspecified atom stereocenters. The number of unbranched alkanes of at least 4 members (excludes halogenated alkanes) is 3. The predicted octanol–water partition coefficient (Wildman–Crippen LogP) is 4.25.